The molecule has 0 atom stereocenters. The van der Waals surface area contributed by atoms with Gasteiger partial charge in [-0.2, -0.15) is 0 Å². The standard InChI is InChI=1S/C20H25N7OS/c1-25-2-4-26(5-3-25)13-16-10-17-19(27-6-8-28-9-7-27)23-18(24-20(17)29-16)15-11-21-14-22-12-15/h10-12,14H,2-9,13H2,1H3. The molecule has 5 rings (SSSR count). The van der Waals surface area contributed by atoms with Crippen LogP contribution in [0.25, 0.3) is 21.6 Å². The quantitative estimate of drug-likeness (QED) is 0.643. The van der Waals surface area contributed by atoms with Gasteiger partial charge in [-0.3, -0.25) is 4.90 Å². The van der Waals surface area contributed by atoms with Crippen LogP contribution < -0.4 is 4.90 Å². The average Bonchev–Trinajstić information content (AvgIpc) is 3.18. The number of fused-ring (bicyclic) bond motifs is 1. The second-order valence-electron chi connectivity index (χ2n) is 7.61. The van der Waals surface area contributed by atoms with Crippen LogP contribution in [-0.4, -0.2) is 89.3 Å². The van der Waals surface area contributed by atoms with Crippen molar-refractivity contribution in [1.29, 1.82) is 0 Å². The summed E-state index contributed by atoms with van der Waals surface area (Å²) < 4.78 is 5.55. The summed E-state index contributed by atoms with van der Waals surface area (Å²) in [7, 11) is 2.19. The average molecular weight is 412 g/mol. The molecule has 0 N–H and O–H groups in total. The zero-order chi connectivity index (χ0) is 19.6. The van der Waals surface area contributed by atoms with Crippen molar-refractivity contribution in [2.24, 2.45) is 0 Å². The molecule has 8 nitrogen and oxygen atoms in total. The van der Waals surface area contributed by atoms with Gasteiger partial charge in [0, 0.05) is 63.1 Å². The number of hydrogen-bond acceptors (Lipinski definition) is 9. The summed E-state index contributed by atoms with van der Waals surface area (Å²) >= 11 is 1.77. The van der Waals surface area contributed by atoms with E-state index in [-0.39, 0.29) is 0 Å². The smallest absolute Gasteiger partial charge is 0.166 e. The molecule has 2 fully saturated rings. The molecule has 0 unspecified atom stereocenters. The van der Waals surface area contributed by atoms with Gasteiger partial charge in [-0.15, -0.1) is 11.3 Å². The molecule has 3 aromatic heterocycles. The normalized spacial score (nSPS) is 19.1. The van der Waals surface area contributed by atoms with Gasteiger partial charge >= 0.3 is 0 Å². The van der Waals surface area contributed by atoms with Crippen LogP contribution in [-0.2, 0) is 11.3 Å². The summed E-state index contributed by atoms with van der Waals surface area (Å²) in [5, 5.41) is 1.14. The first kappa shape index (κ1) is 18.8. The third-order valence-corrected chi connectivity index (χ3v) is 6.54. The van der Waals surface area contributed by atoms with Gasteiger partial charge in [0.2, 0.25) is 0 Å². The van der Waals surface area contributed by atoms with Crippen LogP contribution in [0.4, 0.5) is 5.82 Å². The zero-order valence-electron chi connectivity index (χ0n) is 16.6. The van der Waals surface area contributed by atoms with Gasteiger partial charge in [0.05, 0.1) is 24.2 Å². The lowest BCUT2D eigenvalue weighted by Crippen LogP contribution is -2.43. The number of morpholine rings is 1. The molecule has 9 heteroatoms. The number of thiophene rings is 1. The predicted octanol–water partition coefficient (Wildman–Crippen LogP) is 1.73. The summed E-state index contributed by atoms with van der Waals surface area (Å²) in [6.45, 7) is 8.60. The largest absolute Gasteiger partial charge is 0.378 e. The van der Waals surface area contributed by atoms with Crippen molar-refractivity contribution in [3.8, 4) is 11.4 Å². The van der Waals surface area contributed by atoms with Crippen molar-refractivity contribution in [3.63, 3.8) is 0 Å². The van der Waals surface area contributed by atoms with E-state index >= 15 is 0 Å². The molecule has 0 amide bonds. The predicted molar refractivity (Wildman–Crippen MR) is 114 cm³/mol. The molecule has 2 aliphatic heterocycles. The Balaban J connectivity index is 1.51. The molecule has 0 spiro atoms. The van der Waals surface area contributed by atoms with Crippen LogP contribution in [0.15, 0.2) is 24.8 Å². The number of anilines is 1. The third kappa shape index (κ3) is 4.09. The maximum atomic E-state index is 5.55. The second kappa shape index (κ2) is 8.27. The molecule has 0 aromatic carbocycles. The second-order valence-corrected chi connectivity index (χ2v) is 8.72. The monoisotopic (exact) mass is 411 g/mol. The molecule has 5 heterocycles. The molecule has 0 aliphatic carbocycles. The minimum Gasteiger partial charge on any atom is -0.378 e. The SMILES string of the molecule is CN1CCN(Cc2cc3c(N4CCOCC4)nc(-c4cncnc4)nc3s2)CC1. The summed E-state index contributed by atoms with van der Waals surface area (Å²) in [6, 6.07) is 2.29. The van der Waals surface area contributed by atoms with E-state index in [1.54, 1.807) is 23.7 Å². The van der Waals surface area contributed by atoms with Crippen molar-refractivity contribution < 1.29 is 4.74 Å². The van der Waals surface area contributed by atoms with E-state index in [0.29, 0.717) is 5.82 Å². The number of hydrogen-bond donors (Lipinski definition) is 0. The fourth-order valence-electron chi connectivity index (χ4n) is 3.82. The van der Waals surface area contributed by atoms with Crippen LogP contribution in [0, 0.1) is 0 Å². The van der Waals surface area contributed by atoms with Crippen LogP contribution in [0.1, 0.15) is 4.88 Å². The van der Waals surface area contributed by atoms with E-state index in [4.69, 9.17) is 14.7 Å². The fraction of sp³-hybridized carbons (Fsp3) is 0.500. The first-order valence-electron chi connectivity index (χ1n) is 10.1. The number of aromatic nitrogens is 4. The molecular weight excluding hydrogens is 386 g/mol. The van der Waals surface area contributed by atoms with Crippen LogP contribution >= 0.6 is 11.3 Å². The molecular formula is C20H25N7OS. The number of piperazine rings is 1. The van der Waals surface area contributed by atoms with E-state index in [1.807, 2.05) is 0 Å². The molecule has 0 saturated carbocycles. The van der Waals surface area contributed by atoms with Crippen LogP contribution in [0.3, 0.4) is 0 Å². The van der Waals surface area contributed by atoms with Crippen molar-refractivity contribution >= 4 is 27.4 Å². The molecule has 2 aliphatic rings. The van der Waals surface area contributed by atoms with E-state index in [9.17, 15) is 0 Å². The van der Waals surface area contributed by atoms with E-state index in [2.05, 4.69) is 37.8 Å². The number of ether oxygens (including phenoxy) is 1. The van der Waals surface area contributed by atoms with E-state index in [1.165, 1.54) is 11.2 Å². The van der Waals surface area contributed by atoms with Crippen molar-refractivity contribution in [2.75, 3.05) is 64.4 Å². The van der Waals surface area contributed by atoms with Crippen molar-refractivity contribution in [2.45, 2.75) is 6.54 Å². The van der Waals surface area contributed by atoms with Crippen molar-refractivity contribution in [3.05, 3.63) is 29.7 Å². The number of rotatable bonds is 4. The molecule has 29 heavy (non-hydrogen) atoms. The Hall–Kier alpha value is -2.20. The topological polar surface area (TPSA) is 70.5 Å². The Kier molecular flexibility index (Phi) is 5.36. The Morgan fingerprint density at radius 2 is 1.76 bits per heavy atom. The summed E-state index contributed by atoms with van der Waals surface area (Å²) in [5.74, 6) is 1.69. The number of likely N-dealkylation sites (N-methyl/N-ethyl adjacent to an activating group) is 1. The first-order valence-corrected chi connectivity index (χ1v) is 10.9. The minimum atomic E-state index is 0.688. The highest BCUT2D eigenvalue weighted by Gasteiger charge is 2.21. The molecule has 2 saturated heterocycles. The summed E-state index contributed by atoms with van der Waals surface area (Å²) in [4.78, 5) is 27.7. The van der Waals surface area contributed by atoms with Gasteiger partial charge in [-0.1, -0.05) is 0 Å². The van der Waals surface area contributed by atoms with Gasteiger partial charge in [0.25, 0.3) is 0 Å². The summed E-state index contributed by atoms with van der Waals surface area (Å²) in [6.07, 6.45) is 5.08. The summed E-state index contributed by atoms with van der Waals surface area (Å²) in [5.41, 5.74) is 0.845. The van der Waals surface area contributed by atoms with Crippen LogP contribution in [0.5, 0.6) is 0 Å². The van der Waals surface area contributed by atoms with Gasteiger partial charge < -0.3 is 14.5 Å². The van der Waals surface area contributed by atoms with Crippen LogP contribution in [0.2, 0.25) is 0 Å². The molecule has 0 bridgehead atoms. The molecule has 152 valence electrons. The lowest BCUT2D eigenvalue weighted by molar-refractivity contribution is 0.122. The molecule has 0 radical (unpaired) electrons. The maximum absolute atomic E-state index is 5.55. The highest BCUT2D eigenvalue weighted by Crippen LogP contribution is 2.34. The number of nitrogens with zero attached hydrogens (tertiary/aromatic N) is 7. The lowest BCUT2D eigenvalue weighted by Gasteiger charge is -2.31. The highest BCUT2D eigenvalue weighted by molar-refractivity contribution is 7.18. The Labute approximate surface area is 174 Å². The lowest BCUT2D eigenvalue weighted by atomic mass is 10.2. The zero-order valence-corrected chi connectivity index (χ0v) is 17.4. The maximum Gasteiger partial charge on any atom is 0.166 e. The fourth-order valence-corrected chi connectivity index (χ4v) is 4.88. The Bertz CT molecular complexity index is 966. The minimum absolute atomic E-state index is 0.688. The van der Waals surface area contributed by atoms with Gasteiger partial charge in [-0.05, 0) is 13.1 Å². The van der Waals surface area contributed by atoms with E-state index in [0.717, 1.165) is 80.6 Å². The first-order chi connectivity index (χ1) is 14.3. The Morgan fingerprint density at radius 1 is 1.00 bits per heavy atom. The highest BCUT2D eigenvalue weighted by atomic mass is 32.1. The van der Waals surface area contributed by atoms with Gasteiger partial charge in [-0.25, -0.2) is 19.9 Å². The van der Waals surface area contributed by atoms with Gasteiger partial charge in [0.15, 0.2) is 5.82 Å². The molecule has 3 aromatic rings. The van der Waals surface area contributed by atoms with Gasteiger partial charge in [0.1, 0.15) is 17.0 Å². The third-order valence-electron chi connectivity index (χ3n) is 5.53. The Morgan fingerprint density at radius 3 is 2.52 bits per heavy atom. The van der Waals surface area contributed by atoms with E-state index < -0.39 is 0 Å². The van der Waals surface area contributed by atoms with Crippen molar-refractivity contribution in [1.82, 2.24) is 29.7 Å².